The number of nitrogens with zero attached hydrogens (tertiary/aromatic N) is 2. The molecule has 20 rings (SSSR count). The Morgan fingerprint density at radius 2 is 0.691 bits per heavy atom. The minimum absolute atomic E-state index is 0.494. The summed E-state index contributed by atoms with van der Waals surface area (Å²) in [6.45, 7) is 0. The third-order valence-corrected chi connectivity index (χ3v) is 19.1. The fraction of sp³-hybridized carbons (Fsp3) is 0. The lowest BCUT2D eigenvalue weighted by Gasteiger charge is -2.11. The molecular weight excluding hydrogens is 1220 g/mol. The van der Waals surface area contributed by atoms with Crippen molar-refractivity contribution >= 4 is 160 Å². The lowest BCUT2D eigenvalue weighted by molar-refractivity contribution is 0.426. The summed E-state index contributed by atoms with van der Waals surface area (Å²) in [5.74, 6) is 0. The molecule has 0 aliphatic rings. The van der Waals surface area contributed by atoms with Gasteiger partial charge in [0.2, 0.25) is 0 Å². The predicted molar refractivity (Wildman–Crippen MR) is 395 cm³/mol. The third-order valence-electron chi connectivity index (χ3n) is 18.6. The Hall–Kier alpha value is -11.7. The zero-order chi connectivity index (χ0) is 62.5. The summed E-state index contributed by atoms with van der Waals surface area (Å²) in [6.07, 6.45) is 0. The number of aromatic nitrogens is 4. The molecule has 0 aliphatic heterocycles. The van der Waals surface area contributed by atoms with Crippen LogP contribution in [-0.4, -0.2) is 36.3 Å². The number of para-hydroxylation sites is 4. The normalized spacial score (nSPS) is 11.8. The van der Waals surface area contributed by atoms with E-state index in [1.54, 1.807) is 6.07 Å². The Kier molecular flexibility index (Phi) is 13.1. The highest BCUT2D eigenvalue weighted by atomic mass is 79.9. The van der Waals surface area contributed by atoms with Gasteiger partial charge in [-0.3, -0.25) is 0 Å². The second kappa shape index (κ2) is 22.3. The minimum Gasteiger partial charge on any atom is -0.455 e. The molecule has 0 radical (unpaired) electrons. The number of furan rings is 2. The van der Waals surface area contributed by atoms with Gasteiger partial charge in [-0.05, 0) is 160 Å². The van der Waals surface area contributed by atoms with Crippen LogP contribution in [-0.2, 0) is 0 Å². The van der Waals surface area contributed by atoms with Crippen LogP contribution in [0.2, 0.25) is 0 Å². The molecule has 4 N–H and O–H groups in total. The average molecular weight is 1270 g/mol. The summed E-state index contributed by atoms with van der Waals surface area (Å²) >= 11 is 3.56. The van der Waals surface area contributed by atoms with Gasteiger partial charge in [0.15, 0.2) is 0 Å². The van der Waals surface area contributed by atoms with Crippen LogP contribution in [0.1, 0.15) is 0 Å². The van der Waals surface area contributed by atoms with E-state index in [0.717, 1.165) is 109 Å². The molecule has 0 fully saturated rings. The second-order valence-corrected chi connectivity index (χ2v) is 25.0. The molecule has 0 unspecified atom stereocenters. The molecule has 8 nitrogen and oxygen atoms in total. The Balaban J connectivity index is 0.000000113. The zero-order valence-electron chi connectivity index (χ0n) is 50.4. The molecule has 0 amide bonds. The third kappa shape index (κ3) is 9.21. The minimum atomic E-state index is -1.48. The number of hydrogen-bond acceptors (Lipinski definition) is 4. The van der Waals surface area contributed by atoms with E-state index in [2.05, 4.69) is 253 Å². The van der Waals surface area contributed by atoms with E-state index in [1.165, 1.54) is 71.2 Å². The molecule has 0 aliphatic carbocycles. The lowest BCUT2D eigenvalue weighted by atomic mass is 9.80. The van der Waals surface area contributed by atoms with Gasteiger partial charge in [0.1, 0.15) is 22.3 Å². The van der Waals surface area contributed by atoms with Crippen LogP contribution >= 0.6 is 15.9 Å². The quantitative estimate of drug-likeness (QED) is 0.124. The van der Waals surface area contributed by atoms with Gasteiger partial charge in [-0.2, -0.15) is 0 Å². The molecule has 0 saturated carbocycles. The van der Waals surface area contributed by atoms with Crippen LogP contribution in [0.15, 0.2) is 317 Å². The van der Waals surface area contributed by atoms with Crippen molar-refractivity contribution in [2.24, 2.45) is 0 Å². The molecule has 6 aromatic heterocycles. The van der Waals surface area contributed by atoms with E-state index in [9.17, 15) is 10.0 Å². The molecule has 6 heterocycles. The topological polar surface area (TPSA) is 108 Å². The van der Waals surface area contributed by atoms with E-state index in [1.807, 2.05) is 78.9 Å². The van der Waals surface area contributed by atoms with Crippen molar-refractivity contribution in [3.8, 4) is 44.8 Å². The summed E-state index contributed by atoms with van der Waals surface area (Å²) in [5.41, 5.74) is 22.6. The van der Waals surface area contributed by atoms with E-state index in [4.69, 9.17) is 8.83 Å². The summed E-state index contributed by atoms with van der Waals surface area (Å²) in [6, 6.07) is 106. The van der Waals surface area contributed by atoms with Crippen molar-refractivity contribution in [2.45, 2.75) is 0 Å². The Morgan fingerprint density at radius 3 is 1.23 bits per heavy atom. The van der Waals surface area contributed by atoms with Gasteiger partial charge < -0.3 is 38.0 Å². The Bertz CT molecular complexity index is 6370. The summed E-state index contributed by atoms with van der Waals surface area (Å²) < 4.78 is 18.3. The smallest absolute Gasteiger partial charge is 0.455 e. The molecule has 0 saturated heterocycles. The van der Waals surface area contributed by atoms with E-state index in [0.29, 0.717) is 5.46 Å². The van der Waals surface area contributed by atoms with Gasteiger partial charge in [0, 0.05) is 80.7 Å². The first-order valence-electron chi connectivity index (χ1n) is 31.4. The maximum absolute atomic E-state index is 9.59. The number of hydrogen-bond donors (Lipinski definition) is 4. The number of nitrogens with one attached hydrogen (secondary N) is 2. The molecule has 0 atom stereocenters. The van der Waals surface area contributed by atoms with Gasteiger partial charge in [0.05, 0.1) is 43.9 Å². The molecule has 0 bridgehead atoms. The number of halogens is 1. The Labute approximate surface area is 546 Å². The van der Waals surface area contributed by atoms with Gasteiger partial charge in [0.25, 0.3) is 0 Å². The van der Waals surface area contributed by atoms with Crippen LogP contribution in [0, 0.1) is 0 Å². The summed E-state index contributed by atoms with van der Waals surface area (Å²) in [5, 5.41) is 33.0. The van der Waals surface area contributed by atoms with Crippen LogP contribution in [0.4, 0.5) is 0 Å². The van der Waals surface area contributed by atoms with Crippen molar-refractivity contribution in [3.05, 3.63) is 308 Å². The highest BCUT2D eigenvalue weighted by Crippen LogP contribution is 2.43. The first-order valence-corrected chi connectivity index (χ1v) is 32.2. The standard InChI is InChI=1S/C42H26N2O.C24H18BNO2.C18H10BrNO/c1-2-9-26(10-3-1)27-11-8-12-30(23-27)44-38-15-6-4-13-31(38)34-24-29(18-22-39(34)44)28-17-20-36-35(25-28)41-37(43-36)21-19-33-32-14-5-7-16-40(32)45-42(33)41;27-25(28)19-13-14-24-22(16-19)21-11-4-5-12-23(21)26(24)20-10-6-9-18(15-20)17-7-2-1-3-8-17;19-10-5-7-14-13(9-10)17-15(20-14)8-6-12-11-3-1-2-4-16(11)21-18(12)17/h1-25,43H;1-16,27-28H;1-9,20H. The monoisotopic (exact) mass is 1270 g/mol. The van der Waals surface area contributed by atoms with Crippen LogP contribution in [0.5, 0.6) is 0 Å². The largest absolute Gasteiger partial charge is 0.488 e. The average Bonchev–Trinajstić information content (AvgIpc) is 1.61. The molecule has 94 heavy (non-hydrogen) atoms. The van der Waals surface area contributed by atoms with E-state index in [-0.39, 0.29) is 0 Å². The summed E-state index contributed by atoms with van der Waals surface area (Å²) in [4.78, 5) is 7.08. The van der Waals surface area contributed by atoms with Crippen molar-refractivity contribution in [3.63, 3.8) is 0 Å². The number of H-pyrrole nitrogens is 2. The zero-order valence-corrected chi connectivity index (χ0v) is 52.0. The number of rotatable bonds is 6. The maximum Gasteiger partial charge on any atom is 0.488 e. The van der Waals surface area contributed by atoms with Crippen molar-refractivity contribution in [2.75, 3.05) is 0 Å². The lowest BCUT2D eigenvalue weighted by Crippen LogP contribution is -2.29. The van der Waals surface area contributed by atoms with E-state index >= 15 is 0 Å². The van der Waals surface area contributed by atoms with Crippen molar-refractivity contribution in [1.82, 2.24) is 19.1 Å². The number of benzene rings is 14. The molecule has 10 heteroatoms. The fourth-order valence-electron chi connectivity index (χ4n) is 14.3. The Morgan fingerprint density at radius 1 is 0.287 bits per heavy atom. The van der Waals surface area contributed by atoms with Crippen LogP contribution < -0.4 is 5.46 Å². The van der Waals surface area contributed by atoms with Crippen LogP contribution in [0.3, 0.4) is 0 Å². The van der Waals surface area contributed by atoms with Gasteiger partial charge in [-0.25, -0.2) is 0 Å². The number of aromatic amines is 2. The maximum atomic E-state index is 9.59. The highest BCUT2D eigenvalue weighted by Gasteiger charge is 2.21. The second-order valence-electron chi connectivity index (χ2n) is 24.0. The SMILES string of the molecule is Brc1ccc2[nH]c3ccc4c5ccccc5oc4c3c2c1.OB(O)c1ccc2c(c1)c1ccccc1n2-c1cccc(-c2ccccc2)c1.c1ccc(-c2cccc(-n3c4ccccc4c4cc(-c5ccc6[nH]c7ccc8c9ccccc9oc8c7c6c5)ccc43)c2)cc1. The fourth-order valence-corrected chi connectivity index (χ4v) is 14.6. The van der Waals surface area contributed by atoms with Gasteiger partial charge in [-0.1, -0.05) is 198 Å². The first kappa shape index (κ1) is 55.2. The van der Waals surface area contributed by atoms with Gasteiger partial charge in [-0.15, -0.1) is 0 Å². The molecule has 444 valence electrons. The molecular formula is C84H54BBrN4O4. The van der Waals surface area contributed by atoms with E-state index < -0.39 is 7.12 Å². The highest BCUT2D eigenvalue weighted by molar-refractivity contribution is 9.10. The van der Waals surface area contributed by atoms with Crippen molar-refractivity contribution < 1.29 is 18.9 Å². The molecule has 20 aromatic rings. The predicted octanol–water partition coefficient (Wildman–Crippen LogP) is 21.8. The summed E-state index contributed by atoms with van der Waals surface area (Å²) in [7, 11) is -1.48. The van der Waals surface area contributed by atoms with Crippen LogP contribution in [0.25, 0.3) is 176 Å². The number of fused-ring (bicyclic) bond motifs is 20. The molecule has 0 spiro atoms. The molecule has 14 aromatic carbocycles. The first-order chi connectivity index (χ1) is 46.3. The van der Waals surface area contributed by atoms with Gasteiger partial charge >= 0.3 is 7.12 Å². The van der Waals surface area contributed by atoms with Crippen molar-refractivity contribution in [1.29, 1.82) is 0 Å².